The third kappa shape index (κ3) is 1.74. The minimum Gasteiger partial charge on any atom is -0.465 e. The zero-order chi connectivity index (χ0) is 11.5. The summed E-state index contributed by atoms with van der Waals surface area (Å²) in [5, 5.41) is 12.9. The molecule has 0 spiro atoms. The van der Waals surface area contributed by atoms with Crippen molar-refractivity contribution in [1.29, 1.82) is 0 Å². The third-order valence-corrected chi connectivity index (χ3v) is 2.15. The van der Waals surface area contributed by atoms with Gasteiger partial charge in [0.15, 0.2) is 11.5 Å². The SMILES string of the molecule is COC(=O)c1cccn2nc(CCO)nc12. The first kappa shape index (κ1) is 10.6. The first-order chi connectivity index (χ1) is 7.76. The van der Waals surface area contributed by atoms with Crippen LogP contribution in [0.2, 0.25) is 0 Å². The van der Waals surface area contributed by atoms with Crippen LogP contribution in [0.1, 0.15) is 16.2 Å². The lowest BCUT2D eigenvalue weighted by atomic mass is 10.3. The van der Waals surface area contributed by atoms with Crippen LogP contribution in [0.3, 0.4) is 0 Å². The average Bonchev–Trinajstić information content (AvgIpc) is 2.70. The Hall–Kier alpha value is -1.95. The summed E-state index contributed by atoms with van der Waals surface area (Å²) in [6, 6.07) is 3.31. The lowest BCUT2D eigenvalue weighted by Crippen LogP contribution is -2.04. The lowest BCUT2D eigenvalue weighted by molar-refractivity contribution is 0.0602. The maximum Gasteiger partial charge on any atom is 0.341 e. The Labute approximate surface area is 91.5 Å². The molecule has 0 atom stereocenters. The topological polar surface area (TPSA) is 76.7 Å². The molecule has 6 nitrogen and oxygen atoms in total. The summed E-state index contributed by atoms with van der Waals surface area (Å²) >= 11 is 0. The highest BCUT2D eigenvalue weighted by molar-refractivity contribution is 5.95. The van der Waals surface area contributed by atoms with E-state index >= 15 is 0 Å². The van der Waals surface area contributed by atoms with Crippen LogP contribution >= 0.6 is 0 Å². The largest absolute Gasteiger partial charge is 0.465 e. The number of aliphatic hydroxyl groups excluding tert-OH is 1. The van der Waals surface area contributed by atoms with E-state index in [0.717, 1.165) is 0 Å². The van der Waals surface area contributed by atoms with Gasteiger partial charge in [0.1, 0.15) is 5.56 Å². The smallest absolute Gasteiger partial charge is 0.341 e. The van der Waals surface area contributed by atoms with E-state index in [9.17, 15) is 4.79 Å². The van der Waals surface area contributed by atoms with E-state index in [4.69, 9.17) is 5.11 Å². The van der Waals surface area contributed by atoms with Crippen LogP contribution in [0.5, 0.6) is 0 Å². The second kappa shape index (κ2) is 4.28. The van der Waals surface area contributed by atoms with Gasteiger partial charge in [0, 0.05) is 12.6 Å². The maximum absolute atomic E-state index is 11.4. The van der Waals surface area contributed by atoms with Crippen molar-refractivity contribution in [3.8, 4) is 0 Å². The predicted molar refractivity (Wildman–Crippen MR) is 55.1 cm³/mol. The number of aliphatic hydroxyl groups is 1. The fraction of sp³-hybridized carbons (Fsp3) is 0.300. The summed E-state index contributed by atoms with van der Waals surface area (Å²) in [5.74, 6) is 0.0485. The first-order valence-corrected chi connectivity index (χ1v) is 4.79. The van der Waals surface area contributed by atoms with E-state index in [1.54, 1.807) is 18.3 Å². The van der Waals surface area contributed by atoms with Crippen molar-refractivity contribution >= 4 is 11.6 Å². The van der Waals surface area contributed by atoms with Gasteiger partial charge in [-0.25, -0.2) is 14.3 Å². The van der Waals surface area contributed by atoms with Gasteiger partial charge in [0.25, 0.3) is 0 Å². The predicted octanol–water partition coefficient (Wildman–Crippen LogP) is 0.0507. The zero-order valence-electron chi connectivity index (χ0n) is 8.75. The molecule has 2 aromatic heterocycles. The van der Waals surface area contributed by atoms with Gasteiger partial charge >= 0.3 is 5.97 Å². The Balaban J connectivity index is 2.54. The van der Waals surface area contributed by atoms with Crippen molar-refractivity contribution in [3.63, 3.8) is 0 Å². The highest BCUT2D eigenvalue weighted by atomic mass is 16.5. The Kier molecular flexibility index (Phi) is 2.82. The van der Waals surface area contributed by atoms with E-state index in [-0.39, 0.29) is 6.61 Å². The van der Waals surface area contributed by atoms with Gasteiger partial charge < -0.3 is 9.84 Å². The van der Waals surface area contributed by atoms with Gasteiger partial charge in [-0.05, 0) is 12.1 Å². The molecule has 0 unspecified atom stereocenters. The molecule has 0 saturated heterocycles. The molecule has 0 amide bonds. The van der Waals surface area contributed by atoms with Crippen molar-refractivity contribution in [1.82, 2.24) is 14.6 Å². The van der Waals surface area contributed by atoms with E-state index in [0.29, 0.717) is 23.5 Å². The van der Waals surface area contributed by atoms with E-state index in [1.807, 2.05) is 0 Å². The molecule has 6 heteroatoms. The Morgan fingerprint density at radius 2 is 2.44 bits per heavy atom. The van der Waals surface area contributed by atoms with Crippen molar-refractivity contribution in [3.05, 3.63) is 29.7 Å². The number of carbonyl (C=O) groups excluding carboxylic acids is 1. The lowest BCUT2D eigenvalue weighted by Gasteiger charge is -1.99. The second-order valence-electron chi connectivity index (χ2n) is 3.18. The number of esters is 1. The van der Waals surface area contributed by atoms with Crippen LogP contribution in [0.25, 0.3) is 5.65 Å². The normalized spacial score (nSPS) is 10.6. The number of methoxy groups -OCH3 is 1. The van der Waals surface area contributed by atoms with Crippen LogP contribution in [-0.2, 0) is 11.2 Å². The van der Waals surface area contributed by atoms with Crippen LogP contribution in [-0.4, -0.2) is 39.4 Å². The molecule has 0 aliphatic rings. The molecule has 0 saturated carbocycles. The van der Waals surface area contributed by atoms with Crippen molar-refractivity contribution in [2.45, 2.75) is 6.42 Å². The number of hydrogen-bond donors (Lipinski definition) is 1. The zero-order valence-corrected chi connectivity index (χ0v) is 8.75. The number of pyridine rings is 1. The Morgan fingerprint density at radius 1 is 1.62 bits per heavy atom. The van der Waals surface area contributed by atoms with Crippen LogP contribution in [0.15, 0.2) is 18.3 Å². The number of aromatic nitrogens is 3. The monoisotopic (exact) mass is 221 g/mol. The number of nitrogens with zero attached hydrogens (tertiary/aromatic N) is 3. The molecule has 2 aromatic rings. The summed E-state index contributed by atoms with van der Waals surface area (Å²) in [6.07, 6.45) is 2.05. The van der Waals surface area contributed by atoms with Crippen LogP contribution in [0.4, 0.5) is 0 Å². The van der Waals surface area contributed by atoms with Gasteiger partial charge in [-0.15, -0.1) is 0 Å². The van der Waals surface area contributed by atoms with Crippen molar-refractivity contribution in [2.75, 3.05) is 13.7 Å². The van der Waals surface area contributed by atoms with Crippen molar-refractivity contribution in [2.24, 2.45) is 0 Å². The van der Waals surface area contributed by atoms with Gasteiger partial charge in [0.05, 0.1) is 13.7 Å². The minimum absolute atomic E-state index is 0.0234. The Morgan fingerprint density at radius 3 is 3.12 bits per heavy atom. The number of fused-ring (bicyclic) bond motifs is 1. The number of ether oxygens (including phenoxy) is 1. The van der Waals surface area contributed by atoms with E-state index < -0.39 is 5.97 Å². The van der Waals surface area contributed by atoms with Crippen LogP contribution in [0, 0.1) is 0 Å². The quantitative estimate of drug-likeness (QED) is 0.741. The Bertz CT molecular complexity index is 521. The summed E-state index contributed by atoms with van der Waals surface area (Å²) in [6.45, 7) is -0.0234. The number of carbonyl (C=O) groups is 1. The minimum atomic E-state index is -0.450. The molecule has 2 heterocycles. The molecule has 0 aromatic carbocycles. The molecule has 0 aliphatic carbocycles. The summed E-state index contributed by atoms with van der Waals surface area (Å²) < 4.78 is 6.14. The molecule has 0 aliphatic heterocycles. The molecule has 16 heavy (non-hydrogen) atoms. The van der Waals surface area contributed by atoms with Gasteiger partial charge in [-0.1, -0.05) is 0 Å². The fourth-order valence-electron chi connectivity index (χ4n) is 1.43. The van der Waals surface area contributed by atoms with E-state index in [2.05, 4.69) is 14.8 Å². The summed E-state index contributed by atoms with van der Waals surface area (Å²) in [7, 11) is 1.32. The number of hydrogen-bond acceptors (Lipinski definition) is 5. The standard InChI is InChI=1S/C10H11N3O3/c1-16-10(15)7-3-2-5-13-9(7)11-8(12-13)4-6-14/h2-3,5,14H,4,6H2,1H3. The van der Waals surface area contributed by atoms with Gasteiger partial charge in [-0.2, -0.15) is 5.10 Å². The highest BCUT2D eigenvalue weighted by Gasteiger charge is 2.13. The summed E-state index contributed by atoms with van der Waals surface area (Å²) in [4.78, 5) is 15.6. The third-order valence-electron chi connectivity index (χ3n) is 2.15. The highest BCUT2D eigenvalue weighted by Crippen LogP contribution is 2.10. The van der Waals surface area contributed by atoms with Crippen LogP contribution < -0.4 is 0 Å². The molecule has 2 rings (SSSR count). The first-order valence-electron chi connectivity index (χ1n) is 4.79. The molecule has 0 bridgehead atoms. The molecule has 0 fully saturated rings. The molecule has 84 valence electrons. The maximum atomic E-state index is 11.4. The second-order valence-corrected chi connectivity index (χ2v) is 3.18. The molecule has 0 radical (unpaired) electrons. The average molecular weight is 221 g/mol. The van der Waals surface area contributed by atoms with Crippen molar-refractivity contribution < 1.29 is 14.6 Å². The number of rotatable bonds is 3. The summed E-state index contributed by atoms with van der Waals surface area (Å²) in [5.41, 5.74) is 0.805. The van der Waals surface area contributed by atoms with Gasteiger partial charge in [-0.3, -0.25) is 0 Å². The molecular formula is C10H11N3O3. The fourth-order valence-corrected chi connectivity index (χ4v) is 1.43. The van der Waals surface area contributed by atoms with E-state index in [1.165, 1.54) is 11.6 Å². The molecule has 1 N–H and O–H groups in total. The van der Waals surface area contributed by atoms with Gasteiger partial charge in [0.2, 0.25) is 0 Å². The molecular weight excluding hydrogens is 210 g/mol.